The quantitative estimate of drug-likeness (QED) is 0.419. The summed E-state index contributed by atoms with van der Waals surface area (Å²) in [6.45, 7) is 2.73. The molecule has 1 aliphatic heterocycles. The van der Waals surface area contributed by atoms with E-state index in [9.17, 15) is 30.8 Å². The van der Waals surface area contributed by atoms with Crippen molar-refractivity contribution in [3.8, 4) is 0 Å². The van der Waals surface area contributed by atoms with Gasteiger partial charge in [-0.2, -0.15) is 26.3 Å². The first-order valence-electron chi connectivity index (χ1n) is 10.7. The zero-order valence-corrected chi connectivity index (χ0v) is 19.6. The van der Waals surface area contributed by atoms with E-state index in [1.165, 1.54) is 18.2 Å². The second kappa shape index (κ2) is 10.7. The number of hydrogen-bond acceptors (Lipinski definition) is 5. The van der Waals surface area contributed by atoms with E-state index >= 15 is 0 Å². The molecule has 0 spiro atoms. The third-order valence-electron chi connectivity index (χ3n) is 5.54. The van der Waals surface area contributed by atoms with Crippen molar-refractivity contribution >= 4 is 27.7 Å². The summed E-state index contributed by atoms with van der Waals surface area (Å²) >= 11 is 0. The lowest BCUT2D eigenvalue weighted by molar-refractivity contribution is -0.141. The largest absolute Gasteiger partial charge is 0.433 e. The lowest BCUT2D eigenvalue weighted by Crippen LogP contribution is -2.35. The highest BCUT2D eigenvalue weighted by Gasteiger charge is 2.34. The molecule has 0 aliphatic carbocycles. The number of halogens is 4. The number of hydrogen-bond donors (Lipinski definition) is 4. The van der Waals surface area contributed by atoms with E-state index in [-0.39, 0.29) is 30.2 Å². The SMILES string of the molecule is CC1CCN(c2nc(C(F)(F)F)ccc2CNC(=O)Nc2ccc(CNS(N)(=O)=O)c(F)c2)CC1. The van der Waals surface area contributed by atoms with Crippen LogP contribution in [0.25, 0.3) is 0 Å². The molecule has 0 atom stereocenters. The molecule has 5 N–H and O–H groups in total. The predicted molar refractivity (Wildman–Crippen MR) is 122 cm³/mol. The number of amides is 2. The zero-order chi connectivity index (χ0) is 25.8. The van der Waals surface area contributed by atoms with Crippen LogP contribution in [-0.4, -0.2) is 32.5 Å². The summed E-state index contributed by atoms with van der Waals surface area (Å²) in [5.74, 6) is -0.135. The molecule has 9 nitrogen and oxygen atoms in total. The number of pyridine rings is 1. The van der Waals surface area contributed by atoms with Gasteiger partial charge >= 0.3 is 12.2 Å². The first kappa shape index (κ1) is 26.6. The highest BCUT2D eigenvalue weighted by molar-refractivity contribution is 7.87. The summed E-state index contributed by atoms with van der Waals surface area (Å²) in [5, 5.41) is 9.78. The highest BCUT2D eigenvalue weighted by atomic mass is 32.2. The van der Waals surface area contributed by atoms with Gasteiger partial charge in [-0.15, -0.1) is 0 Å². The number of aromatic nitrogens is 1. The Bertz CT molecular complexity index is 1170. The van der Waals surface area contributed by atoms with Gasteiger partial charge in [-0.25, -0.2) is 19.3 Å². The average Bonchev–Trinajstić information content (AvgIpc) is 2.76. The fraction of sp³-hybridized carbons (Fsp3) is 0.429. The van der Waals surface area contributed by atoms with Crippen LogP contribution in [0.5, 0.6) is 0 Å². The van der Waals surface area contributed by atoms with Gasteiger partial charge in [-0.1, -0.05) is 19.1 Å². The van der Waals surface area contributed by atoms with Gasteiger partial charge in [-0.3, -0.25) is 0 Å². The molecular weight excluding hydrogens is 492 g/mol. The fourth-order valence-electron chi connectivity index (χ4n) is 3.56. The number of alkyl halides is 3. The number of anilines is 2. The number of nitrogens with zero attached hydrogens (tertiary/aromatic N) is 2. The molecule has 14 heteroatoms. The van der Waals surface area contributed by atoms with Gasteiger partial charge in [0.2, 0.25) is 0 Å². The number of piperidine rings is 1. The van der Waals surface area contributed by atoms with Gasteiger partial charge in [0, 0.05) is 43.0 Å². The van der Waals surface area contributed by atoms with E-state index < -0.39 is 33.9 Å². The molecule has 35 heavy (non-hydrogen) atoms. The summed E-state index contributed by atoms with van der Waals surface area (Å²) in [4.78, 5) is 17.9. The van der Waals surface area contributed by atoms with Crippen LogP contribution in [0.2, 0.25) is 0 Å². The number of carbonyl (C=O) groups excluding carboxylic acids is 1. The van der Waals surface area contributed by atoms with Gasteiger partial charge in [0.25, 0.3) is 10.2 Å². The topological polar surface area (TPSA) is 129 Å². The van der Waals surface area contributed by atoms with Crippen molar-refractivity contribution in [2.24, 2.45) is 11.1 Å². The second-order valence-electron chi connectivity index (χ2n) is 8.33. The Kier molecular flexibility index (Phi) is 8.18. The summed E-state index contributed by atoms with van der Waals surface area (Å²) in [6, 6.07) is 5.09. The van der Waals surface area contributed by atoms with Crippen molar-refractivity contribution in [3.05, 3.63) is 53.0 Å². The second-order valence-corrected chi connectivity index (χ2v) is 9.71. The first-order chi connectivity index (χ1) is 16.3. The number of nitrogens with two attached hydrogens (primary N) is 1. The molecule has 2 aromatic rings. The maximum atomic E-state index is 14.2. The van der Waals surface area contributed by atoms with E-state index in [2.05, 4.69) is 22.5 Å². The Morgan fingerprint density at radius 3 is 2.40 bits per heavy atom. The normalized spacial score (nSPS) is 15.2. The van der Waals surface area contributed by atoms with Gasteiger partial charge in [-0.05, 0) is 37.0 Å². The van der Waals surface area contributed by atoms with E-state index in [1.807, 2.05) is 4.72 Å². The molecule has 192 valence electrons. The minimum Gasteiger partial charge on any atom is -0.356 e. The van der Waals surface area contributed by atoms with Gasteiger partial charge in [0.15, 0.2) is 0 Å². The maximum Gasteiger partial charge on any atom is 0.433 e. The molecule has 3 rings (SSSR count). The van der Waals surface area contributed by atoms with Crippen molar-refractivity contribution in [1.29, 1.82) is 0 Å². The number of carbonyl (C=O) groups is 1. The van der Waals surface area contributed by atoms with Crippen LogP contribution in [0.3, 0.4) is 0 Å². The molecule has 0 bridgehead atoms. The number of rotatable bonds is 7. The van der Waals surface area contributed by atoms with Crippen molar-refractivity contribution in [3.63, 3.8) is 0 Å². The Morgan fingerprint density at radius 1 is 1.14 bits per heavy atom. The predicted octanol–water partition coefficient (Wildman–Crippen LogP) is 3.09. The third kappa shape index (κ3) is 7.77. The minimum atomic E-state index is -4.60. The Balaban J connectivity index is 1.67. The first-order valence-corrected chi connectivity index (χ1v) is 12.3. The van der Waals surface area contributed by atoms with Crippen LogP contribution < -0.4 is 25.4 Å². The van der Waals surface area contributed by atoms with Crippen LogP contribution in [0.15, 0.2) is 30.3 Å². The molecule has 0 radical (unpaired) electrons. The lowest BCUT2D eigenvalue weighted by atomic mass is 9.99. The maximum absolute atomic E-state index is 14.2. The fourth-order valence-corrected chi connectivity index (χ4v) is 3.92. The van der Waals surface area contributed by atoms with Crippen LogP contribution in [0.1, 0.15) is 36.6 Å². The molecule has 1 saturated heterocycles. The standard InChI is InChI=1S/C21H26F4N6O3S/c1-13-6-8-31(9-7-13)19-15(3-5-18(30-19)21(23,24)25)11-27-20(32)29-16-4-2-14(17(22)10-16)12-28-35(26,33)34/h2-5,10,13,28H,6-9,11-12H2,1H3,(H2,26,33,34)(H2,27,29,32). The lowest BCUT2D eigenvalue weighted by Gasteiger charge is -2.33. The summed E-state index contributed by atoms with van der Waals surface area (Å²) in [5.41, 5.74) is -0.485. The molecule has 1 aromatic carbocycles. The van der Waals surface area contributed by atoms with Crippen LogP contribution in [-0.2, 0) is 29.5 Å². The van der Waals surface area contributed by atoms with E-state index in [4.69, 9.17) is 5.14 Å². The van der Waals surface area contributed by atoms with Crippen LogP contribution >= 0.6 is 0 Å². The van der Waals surface area contributed by atoms with E-state index in [1.54, 1.807) is 4.90 Å². The molecule has 1 aromatic heterocycles. The number of urea groups is 1. The van der Waals surface area contributed by atoms with E-state index in [0.717, 1.165) is 25.0 Å². The van der Waals surface area contributed by atoms with Gasteiger partial charge < -0.3 is 15.5 Å². The summed E-state index contributed by atoms with van der Waals surface area (Å²) in [6.07, 6.45) is -2.96. The van der Waals surface area contributed by atoms with Crippen molar-refractivity contribution in [1.82, 2.24) is 15.0 Å². The third-order valence-corrected chi connectivity index (χ3v) is 6.09. The molecule has 2 amide bonds. The van der Waals surface area contributed by atoms with Crippen molar-refractivity contribution in [2.45, 2.75) is 39.0 Å². The van der Waals surface area contributed by atoms with Gasteiger partial charge in [0.1, 0.15) is 17.3 Å². The zero-order valence-electron chi connectivity index (χ0n) is 18.8. The Labute approximate surface area is 200 Å². The molecule has 0 saturated carbocycles. The molecule has 1 fully saturated rings. The Morgan fingerprint density at radius 2 is 1.80 bits per heavy atom. The van der Waals surface area contributed by atoms with Crippen molar-refractivity contribution < 1.29 is 30.8 Å². The summed E-state index contributed by atoms with van der Waals surface area (Å²) in [7, 11) is -3.99. The molecule has 2 heterocycles. The van der Waals surface area contributed by atoms with Gasteiger partial charge in [0.05, 0.1) is 0 Å². The molecule has 1 aliphatic rings. The molecule has 0 unspecified atom stereocenters. The minimum absolute atomic E-state index is 0.0151. The highest BCUT2D eigenvalue weighted by Crippen LogP contribution is 2.32. The van der Waals surface area contributed by atoms with Crippen molar-refractivity contribution in [2.75, 3.05) is 23.3 Å². The smallest absolute Gasteiger partial charge is 0.356 e. The molecular formula is C21H26F4N6O3S. The van der Waals surface area contributed by atoms with E-state index in [0.29, 0.717) is 24.6 Å². The Hall–Kier alpha value is -2.97. The number of benzene rings is 1. The van der Waals surface area contributed by atoms with Crippen LogP contribution in [0.4, 0.5) is 33.9 Å². The monoisotopic (exact) mass is 518 g/mol. The number of nitrogens with one attached hydrogen (secondary N) is 3. The van der Waals surface area contributed by atoms with Crippen LogP contribution in [0, 0.1) is 11.7 Å². The average molecular weight is 519 g/mol. The summed E-state index contributed by atoms with van der Waals surface area (Å²) < 4.78 is 77.7.